The van der Waals surface area contributed by atoms with E-state index in [2.05, 4.69) is 15.3 Å². The van der Waals surface area contributed by atoms with Crippen molar-refractivity contribution in [3.8, 4) is 0 Å². The van der Waals surface area contributed by atoms with E-state index in [1.165, 1.54) is 0 Å². The first kappa shape index (κ1) is 14.7. The van der Waals surface area contributed by atoms with E-state index in [9.17, 15) is 4.79 Å². The Hall–Kier alpha value is -2.90. The molecule has 1 aliphatic heterocycles. The first-order valence-electron chi connectivity index (χ1n) is 8.01. The van der Waals surface area contributed by atoms with Crippen molar-refractivity contribution in [3.05, 3.63) is 35.8 Å². The van der Waals surface area contributed by atoms with Crippen LogP contribution in [0.3, 0.4) is 0 Å². The fraction of sp³-hybridized carbons (Fsp3) is 0.375. The second kappa shape index (κ2) is 5.63. The number of hydrogen-bond donors (Lipinski definition) is 2. The number of likely N-dealkylation sites (tertiary alicyclic amines) is 1. The third-order valence-corrected chi connectivity index (χ3v) is 4.59. The molecule has 1 aliphatic rings. The quantitative estimate of drug-likeness (QED) is 0.738. The molecule has 0 aliphatic carbocycles. The van der Waals surface area contributed by atoms with E-state index < -0.39 is 0 Å². The first-order valence-corrected chi connectivity index (χ1v) is 8.01. The minimum atomic E-state index is -0.0111. The molecular weight excluding hydrogens is 306 g/mol. The zero-order valence-corrected chi connectivity index (χ0v) is 13.4. The van der Waals surface area contributed by atoms with E-state index in [-0.39, 0.29) is 11.8 Å². The highest BCUT2D eigenvalue weighted by atomic mass is 16.2. The van der Waals surface area contributed by atoms with Crippen LogP contribution in [0, 0.1) is 0 Å². The van der Waals surface area contributed by atoms with Crippen LogP contribution in [0.15, 0.2) is 24.4 Å². The molecule has 1 saturated heterocycles. The summed E-state index contributed by atoms with van der Waals surface area (Å²) in [5, 5.41) is 11.7. The molecule has 1 unspecified atom stereocenters. The zero-order valence-electron chi connectivity index (χ0n) is 13.4. The van der Waals surface area contributed by atoms with Gasteiger partial charge in [0.2, 0.25) is 0 Å². The van der Waals surface area contributed by atoms with Crippen LogP contribution in [0.25, 0.3) is 11.0 Å². The number of nitrogens with two attached hydrogens (primary N) is 1. The van der Waals surface area contributed by atoms with E-state index in [4.69, 9.17) is 10.7 Å². The second-order valence-electron chi connectivity index (χ2n) is 6.18. The van der Waals surface area contributed by atoms with E-state index in [1.807, 2.05) is 24.1 Å². The number of hydrogen-bond acceptors (Lipinski definition) is 5. The number of aromatic amines is 1. The topological polar surface area (TPSA) is 106 Å². The maximum Gasteiger partial charge on any atom is 0.271 e. The molecule has 1 amide bonds. The highest BCUT2D eigenvalue weighted by Gasteiger charge is 2.27. The van der Waals surface area contributed by atoms with Gasteiger partial charge in [-0.15, -0.1) is 0 Å². The number of rotatable bonds is 2. The molecule has 124 valence electrons. The third kappa shape index (κ3) is 2.40. The van der Waals surface area contributed by atoms with E-state index in [1.54, 1.807) is 16.9 Å². The Morgan fingerprint density at radius 2 is 2.25 bits per heavy atom. The van der Waals surface area contributed by atoms with Gasteiger partial charge in [-0.25, -0.2) is 9.67 Å². The minimum absolute atomic E-state index is 0.0111. The first-order chi connectivity index (χ1) is 11.6. The summed E-state index contributed by atoms with van der Waals surface area (Å²) in [6, 6.07) is 5.67. The van der Waals surface area contributed by atoms with Crippen LogP contribution in [0.2, 0.25) is 0 Å². The van der Waals surface area contributed by atoms with Crippen molar-refractivity contribution < 1.29 is 4.79 Å². The van der Waals surface area contributed by atoms with Crippen molar-refractivity contribution in [1.82, 2.24) is 29.9 Å². The van der Waals surface area contributed by atoms with Gasteiger partial charge in [0.05, 0.1) is 5.39 Å². The van der Waals surface area contributed by atoms with Gasteiger partial charge in [-0.2, -0.15) is 10.2 Å². The Kier molecular flexibility index (Phi) is 3.44. The predicted molar refractivity (Wildman–Crippen MR) is 89.4 cm³/mol. The van der Waals surface area contributed by atoms with Crippen LogP contribution >= 0.6 is 0 Å². The monoisotopic (exact) mass is 325 g/mol. The number of anilines is 1. The molecule has 3 N–H and O–H groups in total. The molecule has 3 aromatic heterocycles. The number of amides is 1. The molecular formula is C16H19N7O. The molecule has 1 atom stereocenters. The van der Waals surface area contributed by atoms with Crippen LogP contribution in [-0.2, 0) is 7.05 Å². The Labute approximate surface area is 138 Å². The molecule has 24 heavy (non-hydrogen) atoms. The average Bonchev–Trinajstić information content (AvgIpc) is 3.23. The summed E-state index contributed by atoms with van der Waals surface area (Å²) in [6.07, 6.45) is 3.56. The van der Waals surface area contributed by atoms with Crippen molar-refractivity contribution in [2.45, 2.75) is 18.8 Å². The molecule has 8 heteroatoms. The number of aryl methyl sites for hydroxylation is 1. The van der Waals surface area contributed by atoms with Crippen molar-refractivity contribution in [3.63, 3.8) is 0 Å². The van der Waals surface area contributed by atoms with E-state index in [0.29, 0.717) is 18.1 Å². The number of aromatic nitrogens is 5. The molecule has 0 spiro atoms. The number of carbonyl (C=O) groups excluding carboxylic acids is 1. The van der Waals surface area contributed by atoms with Crippen molar-refractivity contribution in [2.24, 2.45) is 7.05 Å². The summed E-state index contributed by atoms with van der Waals surface area (Å²) < 4.78 is 1.70. The highest BCUT2D eigenvalue weighted by molar-refractivity contribution is 5.92. The second-order valence-corrected chi connectivity index (χ2v) is 6.18. The number of piperidine rings is 1. The predicted octanol–water partition coefficient (Wildman–Crippen LogP) is 1.29. The Balaban J connectivity index is 1.60. The molecule has 0 aromatic carbocycles. The molecule has 1 fully saturated rings. The van der Waals surface area contributed by atoms with Gasteiger partial charge in [0.15, 0.2) is 11.5 Å². The van der Waals surface area contributed by atoms with Gasteiger partial charge in [-0.3, -0.25) is 9.89 Å². The summed E-state index contributed by atoms with van der Waals surface area (Å²) in [5.74, 6) is 0.695. The third-order valence-electron chi connectivity index (χ3n) is 4.59. The van der Waals surface area contributed by atoms with Gasteiger partial charge in [0, 0.05) is 37.9 Å². The van der Waals surface area contributed by atoms with Gasteiger partial charge >= 0.3 is 0 Å². The molecule has 0 saturated carbocycles. The number of nitrogen functional groups attached to an aromatic ring is 1. The summed E-state index contributed by atoms with van der Waals surface area (Å²) in [4.78, 5) is 19.1. The molecule has 0 bridgehead atoms. The molecule has 8 nitrogen and oxygen atoms in total. The van der Waals surface area contributed by atoms with Crippen LogP contribution < -0.4 is 5.73 Å². The van der Waals surface area contributed by atoms with Crippen LogP contribution in [0.1, 0.15) is 34.9 Å². The largest absolute Gasteiger partial charge is 0.382 e. The number of carbonyl (C=O) groups is 1. The summed E-state index contributed by atoms with van der Waals surface area (Å²) >= 11 is 0. The molecule has 4 rings (SSSR count). The fourth-order valence-corrected chi connectivity index (χ4v) is 3.35. The van der Waals surface area contributed by atoms with Crippen molar-refractivity contribution in [2.75, 3.05) is 18.8 Å². The average molecular weight is 325 g/mol. The normalized spacial score (nSPS) is 18.2. The Morgan fingerprint density at radius 1 is 1.38 bits per heavy atom. The van der Waals surface area contributed by atoms with Crippen LogP contribution in [0.4, 0.5) is 5.82 Å². The number of H-pyrrole nitrogens is 1. The maximum absolute atomic E-state index is 12.5. The standard InChI is InChI=1S/C16H19N7O/c1-22-15-11(14(17)21-22)4-5-12(19-15)10-3-2-8-23(9-10)16(24)13-6-7-18-20-13/h4-7,10H,2-3,8-9H2,1H3,(H2,17,21)(H,18,20). The number of nitrogens with zero attached hydrogens (tertiary/aromatic N) is 5. The molecule has 3 aromatic rings. The molecule has 4 heterocycles. The van der Waals surface area contributed by atoms with Gasteiger partial charge < -0.3 is 10.6 Å². The lowest BCUT2D eigenvalue weighted by atomic mass is 9.94. The Morgan fingerprint density at radius 3 is 3.04 bits per heavy atom. The van der Waals surface area contributed by atoms with E-state index in [0.717, 1.165) is 36.1 Å². The molecule has 0 radical (unpaired) electrons. The SMILES string of the molecule is Cn1nc(N)c2ccc(C3CCCN(C(=O)c4ccn[nH]4)C3)nc21. The maximum atomic E-state index is 12.5. The smallest absolute Gasteiger partial charge is 0.271 e. The summed E-state index contributed by atoms with van der Waals surface area (Å²) in [7, 11) is 1.84. The minimum Gasteiger partial charge on any atom is -0.382 e. The number of nitrogens with one attached hydrogen (secondary N) is 1. The van der Waals surface area contributed by atoms with Gasteiger partial charge in [0.25, 0.3) is 5.91 Å². The van der Waals surface area contributed by atoms with Crippen LogP contribution in [-0.4, -0.2) is 48.9 Å². The highest BCUT2D eigenvalue weighted by Crippen LogP contribution is 2.28. The number of fused-ring (bicyclic) bond motifs is 1. The van der Waals surface area contributed by atoms with Crippen LogP contribution in [0.5, 0.6) is 0 Å². The van der Waals surface area contributed by atoms with E-state index >= 15 is 0 Å². The number of pyridine rings is 1. The fourth-order valence-electron chi connectivity index (χ4n) is 3.35. The zero-order chi connectivity index (χ0) is 16.7. The van der Waals surface area contributed by atoms with Crippen molar-refractivity contribution in [1.29, 1.82) is 0 Å². The summed E-state index contributed by atoms with van der Waals surface area (Å²) in [6.45, 7) is 1.42. The lowest BCUT2D eigenvalue weighted by Crippen LogP contribution is -2.39. The van der Waals surface area contributed by atoms with Gasteiger partial charge in [0.1, 0.15) is 5.69 Å². The van der Waals surface area contributed by atoms with Gasteiger partial charge in [-0.05, 0) is 31.0 Å². The van der Waals surface area contributed by atoms with Gasteiger partial charge in [-0.1, -0.05) is 0 Å². The lowest BCUT2D eigenvalue weighted by molar-refractivity contribution is 0.0700. The lowest BCUT2D eigenvalue weighted by Gasteiger charge is -2.32. The summed E-state index contributed by atoms with van der Waals surface area (Å²) in [5.41, 5.74) is 8.17. The van der Waals surface area contributed by atoms with Crippen molar-refractivity contribution >= 4 is 22.8 Å². The Bertz CT molecular complexity index is 883.